The number of rotatable bonds is 2. The van der Waals surface area contributed by atoms with Gasteiger partial charge in [0.2, 0.25) is 0 Å². The van der Waals surface area contributed by atoms with E-state index in [0.29, 0.717) is 10.7 Å². The molecule has 0 bridgehead atoms. The minimum atomic E-state index is 0. The zero-order valence-electron chi connectivity index (χ0n) is 6.87. The molecule has 1 nitrogen and oxygen atoms in total. The number of nitrogens with zero attached hydrogens (tertiary/aromatic N) is 1. The fourth-order valence-electron chi connectivity index (χ4n) is 0.312. The fourth-order valence-corrected chi connectivity index (χ4v) is 0.817. The Morgan fingerprint density at radius 1 is 1.00 bits per heavy atom. The first kappa shape index (κ1) is 13.5. The van der Waals surface area contributed by atoms with Crippen LogP contribution >= 0.6 is 25.3 Å². The Kier molecular flexibility index (Phi) is 6.43. The molecule has 0 fully saturated rings. The van der Waals surface area contributed by atoms with E-state index >= 15 is 0 Å². The van der Waals surface area contributed by atoms with Gasteiger partial charge in [-0.2, -0.15) is 0 Å². The summed E-state index contributed by atoms with van der Waals surface area (Å²) in [7, 11) is 4.24. The quantitative estimate of drug-likeness (QED) is 0.307. The lowest BCUT2D eigenvalue weighted by atomic mass is 10.4. The predicted octanol–water partition coefficient (Wildman–Crippen LogP) is -1.38. The van der Waals surface area contributed by atoms with Crippen molar-refractivity contribution in [2.45, 2.75) is 24.6 Å². The Morgan fingerprint density at radius 2 is 1.20 bits per heavy atom. The van der Waals surface area contributed by atoms with Crippen LogP contribution in [0.4, 0.5) is 0 Å². The second-order valence-corrected chi connectivity index (χ2v) is 4.39. The minimum Gasteiger partial charge on any atom is -1.00 e. The highest BCUT2D eigenvalue weighted by Crippen LogP contribution is 2.17. The first-order chi connectivity index (χ1) is 3.89. The molecular weight excluding hydrogens is 186 g/mol. The summed E-state index contributed by atoms with van der Waals surface area (Å²) in [6.07, 6.45) is 0. The standard InChI is InChI=1S/C6H15NS2.ClH/c1-5(8)7(3,4)6(2)9;/h5-6H,1-4H3,(H-,8,9);1H. The number of thiol groups is 2. The molecule has 0 aliphatic rings. The second-order valence-electron chi connectivity index (χ2n) is 2.89. The van der Waals surface area contributed by atoms with Gasteiger partial charge in [0.05, 0.1) is 14.1 Å². The summed E-state index contributed by atoms with van der Waals surface area (Å²) in [6, 6.07) is 0. The van der Waals surface area contributed by atoms with Crippen molar-refractivity contribution < 1.29 is 16.9 Å². The molecule has 0 amide bonds. The van der Waals surface area contributed by atoms with Gasteiger partial charge in [-0.05, 0) is 13.8 Å². The van der Waals surface area contributed by atoms with Gasteiger partial charge >= 0.3 is 0 Å². The van der Waals surface area contributed by atoms with E-state index in [1.807, 2.05) is 0 Å². The summed E-state index contributed by atoms with van der Waals surface area (Å²) in [5.41, 5.74) is 0. The Labute approximate surface area is 81.0 Å². The van der Waals surface area contributed by atoms with Gasteiger partial charge in [-0.25, -0.2) is 0 Å². The molecule has 0 aromatic rings. The van der Waals surface area contributed by atoms with Gasteiger partial charge in [0.15, 0.2) is 0 Å². The van der Waals surface area contributed by atoms with Crippen molar-refractivity contribution in [3.63, 3.8) is 0 Å². The maximum atomic E-state index is 4.34. The molecule has 0 spiro atoms. The predicted molar refractivity (Wildman–Crippen MR) is 49.0 cm³/mol. The zero-order chi connectivity index (χ0) is 7.65. The highest BCUT2D eigenvalue weighted by atomic mass is 35.5. The molecule has 0 radical (unpaired) electrons. The summed E-state index contributed by atoms with van der Waals surface area (Å²) in [6.45, 7) is 4.16. The van der Waals surface area contributed by atoms with Crippen LogP contribution in [0.25, 0.3) is 0 Å². The highest BCUT2D eigenvalue weighted by molar-refractivity contribution is 7.81. The molecular formula is C6H16ClNS2. The van der Waals surface area contributed by atoms with Gasteiger partial charge in [0.1, 0.15) is 10.7 Å². The van der Waals surface area contributed by atoms with E-state index in [-0.39, 0.29) is 12.4 Å². The van der Waals surface area contributed by atoms with Crippen molar-refractivity contribution in [2.24, 2.45) is 0 Å². The van der Waals surface area contributed by atoms with Gasteiger partial charge in [-0.1, -0.05) is 0 Å². The van der Waals surface area contributed by atoms with Crippen molar-refractivity contribution in [1.29, 1.82) is 0 Å². The molecule has 0 heterocycles. The molecule has 2 atom stereocenters. The Morgan fingerprint density at radius 3 is 1.20 bits per heavy atom. The van der Waals surface area contributed by atoms with Crippen LogP contribution in [-0.2, 0) is 0 Å². The normalized spacial score (nSPS) is 17.4. The molecule has 0 N–H and O–H groups in total. The molecule has 10 heavy (non-hydrogen) atoms. The van der Waals surface area contributed by atoms with Crippen LogP contribution in [0.15, 0.2) is 0 Å². The van der Waals surface area contributed by atoms with E-state index in [0.717, 1.165) is 4.48 Å². The topological polar surface area (TPSA) is 0 Å². The fraction of sp³-hybridized carbons (Fsp3) is 1.00. The van der Waals surface area contributed by atoms with E-state index in [4.69, 9.17) is 0 Å². The lowest BCUT2D eigenvalue weighted by Crippen LogP contribution is -3.00. The van der Waals surface area contributed by atoms with E-state index < -0.39 is 0 Å². The lowest BCUT2D eigenvalue weighted by molar-refractivity contribution is -0.905. The van der Waals surface area contributed by atoms with Crippen LogP contribution < -0.4 is 12.4 Å². The summed E-state index contributed by atoms with van der Waals surface area (Å²) >= 11 is 8.68. The third-order valence-corrected chi connectivity index (χ3v) is 3.12. The maximum absolute atomic E-state index is 4.34. The number of halogens is 1. The minimum absolute atomic E-state index is 0. The van der Waals surface area contributed by atoms with Crippen LogP contribution in [-0.4, -0.2) is 29.3 Å². The number of quaternary nitrogens is 1. The second kappa shape index (κ2) is 4.75. The van der Waals surface area contributed by atoms with E-state index in [1.54, 1.807) is 0 Å². The third kappa shape index (κ3) is 3.37. The van der Waals surface area contributed by atoms with E-state index in [9.17, 15) is 0 Å². The lowest BCUT2D eigenvalue weighted by Gasteiger charge is -2.36. The van der Waals surface area contributed by atoms with Crippen LogP contribution in [0.3, 0.4) is 0 Å². The molecule has 64 valence electrons. The Bertz CT molecular complexity index is 83.7. The van der Waals surface area contributed by atoms with Crippen molar-refractivity contribution in [3.8, 4) is 0 Å². The molecule has 4 heteroatoms. The van der Waals surface area contributed by atoms with Gasteiger partial charge in [-0.15, -0.1) is 25.3 Å². The monoisotopic (exact) mass is 201 g/mol. The van der Waals surface area contributed by atoms with E-state index in [2.05, 4.69) is 53.2 Å². The molecule has 0 aliphatic heterocycles. The summed E-state index contributed by atoms with van der Waals surface area (Å²) in [5.74, 6) is 0. The van der Waals surface area contributed by atoms with Crippen molar-refractivity contribution >= 4 is 25.3 Å². The smallest absolute Gasteiger partial charge is 0.130 e. The van der Waals surface area contributed by atoms with Crippen molar-refractivity contribution in [3.05, 3.63) is 0 Å². The Balaban J connectivity index is 0. The molecule has 0 rings (SSSR count). The number of hydrogen-bond donors (Lipinski definition) is 2. The summed E-state index contributed by atoms with van der Waals surface area (Å²) in [5, 5.41) is 0.690. The van der Waals surface area contributed by atoms with Gasteiger partial charge in [0, 0.05) is 0 Å². The van der Waals surface area contributed by atoms with Gasteiger partial charge in [0.25, 0.3) is 0 Å². The van der Waals surface area contributed by atoms with Gasteiger partial charge in [-0.3, -0.25) is 0 Å². The SMILES string of the molecule is CC(S)[N+](C)(C)C(C)S.[Cl-]. The number of hydrogen-bond acceptors (Lipinski definition) is 2. The van der Waals surface area contributed by atoms with Crippen LogP contribution in [0.2, 0.25) is 0 Å². The molecule has 0 aliphatic carbocycles. The zero-order valence-corrected chi connectivity index (χ0v) is 9.42. The highest BCUT2D eigenvalue weighted by Gasteiger charge is 2.24. The average molecular weight is 202 g/mol. The van der Waals surface area contributed by atoms with Crippen LogP contribution in [0.5, 0.6) is 0 Å². The van der Waals surface area contributed by atoms with Crippen molar-refractivity contribution in [2.75, 3.05) is 14.1 Å². The third-order valence-electron chi connectivity index (χ3n) is 1.93. The summed E-state index contributed by atoms with van der Waals surface area (Å²) < 4.78 is 0.840. The van der Waals surface area contributed by atoms with Crippen LogP contribution in [0, 0.1) is 0 Å². The summed E-state index contributed by atoms with van der Waals surface area (Å²) in [4.78, 5) is 0. The Hall–Kier alpha value is 0.950. The largest absolute Gasteiger partial charge is 1.00 e. The molecule has 0 saturated heterocycles. The van der Waals surface area contributed by atoms with E-state index in [1.165, 1.54) is 0 Å². The molecule has 2 unspecified atom stereocenters. The first-order valence-corrected chi connectivity index (χ1v) is 4.11. The molecule has 0 aromatic heterocycles. The van der Waals surface area contributed by atoms with Crippen molar-refractivity contribution in [1.82, 2.24) is 0 Å². The van der Waals surface area contributed by atoms with Crippen LogP contribution in [0.1, 0.15) is 13.8 Å². The van der Waals surface area contributed by atoms with Gasteiger partial charge < -0.3 is 16.9 Å². The first-order valence-electron chi connectivity index (χ1n) is 3.08. The molecule has 0 aromatic carbocycles. The molecule has 0 saturated carbocycles. The maximum Gasteiger partial charge on any atom is 0.130 e. The average Bonchev–Trinajstić information content (AvgIpc) is 1.65.